The highest BCUT2D eigenvalue weighted by Crippen LogP contribution is 2.51. The molecule has 8 heteroatoms. The lowest BCUT2D eigenvalue weighted by molar-refractivity contribution is -0.274. The first kappa shape index (κ1) is 21.2. The van der Waals surface area contributed by atoms with Gasteiger partial charge in [-0.3, -0.25) is 4.79 Å². The highest BCUT2D eigenvalue weighted by Gasteiger charge is 2.48. The molecule has 0 aliphatic heterocycles. The van der Waals surface area contributed by atoms with Gasteiger partial charge >= 0.3 is 6.36 Å². The summed E-state index contributed by atoms with van der Waals surface area (Å²) in [5.74, 6) is 0.113. The number of hydrogen-bond donors (Lipinski definition) is 2. The van der Waals surface area contributed by atoms with Crippen LogP contribution >= 0.6 is 12.4 Å². The zero-order chi connectivity index (χ0) is 19.2. The topological polar surface area (TPSA) is 64.3 Å². The van der Waals surface area contributed by atoms with Crippen molar-refractivity contribution in [3.05, 3.63) is 29.8 Å². The molecule has 3 N–H and O–H groups in total. The fourth-order valence-electron chi connectivity index (χ4n) is 5.13. The van der Waals surface area contributed by atoms with Crippen LogP contribution < -0.4 is 15.8 Å². The fraction of sp³-hybridized carbons (Fsp3) is 0.650. The maximum absolute atomic E-state index is 12.8. The van der Waals surface area contributed by atoms with Crippen molar-refractivity contribution in [1.29, 1.82) is 0 Å². The molecule has 0 spiro atoms. The first-order valence-electron chi connectivity index (χ1n) is 9.72. The van der Waals surface area contributed by atoms with Gasteiger partial charge in [0.1, 0.15) is 5.75 Å². The Kier molecular flexibility index (Phi) is 6.15. The standard InChI is InChI=1S/C20H25F3N2O2.ClH/c21-20(22,23)27-17-7-2-1-6-14(17)15-10-16(15)19(26)25-18-11-4-3-5-12(18)9-13(24)8-11;/h1-2,6-7,11-13,15-16,18H,3-5,8-10,24H2,(H,25,26);1H. The number of carbonyl (C=O) groups excluding carboxylic acids is 1. The lowest BCUT2D eigenvalue weighted by Gasteiger charge is -2.45. The number of ether oxygens (including phenoxy) is 1. The molecule has 28 heavy (non-hydrogen) atoms. The van der Waals surface area contributed by atoms with Crippen LogP contribution in [0.3, 0.4) is 0 Å². The lowest BCUT2D eigenvalue weighted by atomic mass is 9.67. The summed E-state index contributed by atoms with van der Waals surface area (Å²) in [6.45, 7) is 0. The Hall–Kier alpha value is -1.47. The minimum absolute atomic E-state index is 0. The Labute approximate surface area is 168 Å². The highest BCUT2D eigenvalue weighted by atomic mass is 35.5. The van der Waals surface area contributed by atoms with Gasteiger partial charge in [-0.2, -0.15) is 0 Å². The Morgan fingerprint density at radius 2 is 1.75 bits per heavy atom. The van der Waals surface area contributed by atoms with Gasteiger partial charge in [0, 0.05) is 18.0 Å². The molecule has 1 aromatic rings. The predicted molar refractivity (Wildman–Crippen MR) is 101 cm³/mol. The summed E-state index contributed by atoms with van der Waals surface area (Å²) in [4.78, 5) is 12.8. The van der Waals surface area contributed by atoms with Crippen LogP contribution in [0.1, 0.15) is 50.0 Å². The molecule has 1 amide bonds. The highest BCUT2D eigenvalue weighted by molar-refractivity contribution is 5.85. The number of amides is 1. The van der Waals surface area contributed by atoms with Crippen molar-refractivity contribution < 1.29 is 22.7 Å². The zero-order valence-electron chi connectivity index (χ0n) is 15.5. The number of rotatable bonds is 4. The van der Waals surface area contributed by atoms with Crippen molar-refractivity contribution >= 4 is 18.3 Å². The van der Waals surface area contributed by atoms with E-state index in [1.54, 1.807) is 12.1 Å². The molecule has 2 bridgehead atoms. The minimum Gasteiger partial charge on any atom is -0.405 e. The quantitative estimate of drug-likeness (QED) is 0.772. The van der Waals surface area contributed by atoms with Crippen molar-refractivity contribution in [1.82, 2.24) is 5.32 Å². The average Bonchev–Trinajstić information content (AvgIpc) is 3.35. The molecule has 3 aliphatic carbocycles. The second-order valence-corrected chi connectivity index (χ2v) is 8.25. The number of nitrogens with two attached hydrogens (primary N) is 1. The van der Waals surface area contributed by atoms with E-state index in [2.05, 4.69) is 10.1 Å². The van der Waals surface area contributed by atoms with Crippen molar-refractivity contribution in [2.45, 2.75) is 62.9 Å². The second kappa shape index (κ2) is 8.11. The molecule has 0 radical (unpaired) electrons. The first-order valence-corrected chi connectivity index (χ1v) is 9.72. The van der Waals surface area contributed by atoms with Gasteiger partial charge in [0.05, 0.1) is 0 Å². The zero-order valence-corrected chi connectivity index (χ0v) is 16.3. The van der Waals surface area contributed by atoms with E-state index < -0.39 is 6.36 Å². The third kappa shape index (κ3) is 4.57. The van der Waals surface area contributed by atoms with Crippen LogP contribution in [0.5, 0.6) is 5.75 Å². The average molecular weight is 419 g/mol. The van der Waals surface area contributed by atoms with Crippen LogP contribution in [0.25, 0.3) is 0 Å². The molecule has 4 unspecified atom stereocenters. The first-order chi connectivity index (χ1) is 12.8. The second-order valence-electron chi connectivity index (χ2n) is 8.25. The number of halogens is 4. The monoisotopic (exact) mass is 418 g/mol. The SMILES string of the molecule is Cl.NC1CC2CCCC(C1)C2NC(=O)C1CC1c1ccccc1OC(F)(F)F. The normalized spacial score (nSPS) is 34.1. The number of carbonyl (C=O) groups is 1. The number of para-hydroxylation sites is 1. The van der Waals surface area contributed by atoms with E-state index in [9.17, 15) is 18.0 Å². The Balaban J connectivity index is 0.00000225. The molecule has 3 fully saturated rings. The Morgan fingerprint density at radius 1 is 1.11 bits per heavy atom. The smallest absolute Gasteiger partial charge is 0.405 e. The molecule has 1 aromatic carbocycles. The Morgan fingerprint density at radius 3 is 2.39 bits per heavy atom. The fourth-order valence-corrected chi connectivity index (χ4v) is 5.13. The van der Waals surface area contributed by atoms with E-state index >= 15 is 0 Å². The number of fused-ring (bicyclic) bond motifs is 2. The molecule has 0 heterocycles. The van der Waals surface area contributed by atoms with Gasteiger partial charge in [-0.25, -0.2) is 0 Å². The third-order valence-corrected chi connectivity index (χ3v) is 6.36. The van der Waals surface area contributed by atoms with Crippen molar-refractivity contribution in [3.63, 3.8) is 0 Å². The predicted octanol–water partition coefficient (Wildman–Crippen LogP) is 4.13. The van der Waals surface area contributed by atoms with Crippen LogP contribution in [0.2, 0.25) is 0 Å². The molecular formula is C20H26ClF3N2O2. The van der Waals surface area contributed by atoms with Crippen LogP contribution in [-0.2, 0) is 4.79 Å². The number of benzene rings is 1. The molecule has 0 aromatic heterocycles. The van der Waals surface area contributed by atoms with Gasteiger partial charge in [-0.05, 0) is 61.5 Å². The number of alkyl halides is 3. The summed E-state index contributed by atoms with van der Waals surface area (Å²) in [6.07, 6.45) is 1.07. The van der Waals surface area contributed by atoms with Crippen molar-refractivity contribution in [2.24, 2.45) is 23.5 Å². The van der Waals surface area contributed by atoms with Crippen LogP contribution in [-0.4, -0.2) is 24.4 Å². The van der Waals surface area contributed by atoms with Crippen molar-refractivity contribution in [3.8, 4) is 5.75 Å². The minimum atomic E-state index is -4.74. The van der Waals surface area contributed by atoms with Crippen LogP contribution in [0, 0.1) is 17.8 Å². The Bertz CT molecular complexity index is 701. The summed E-state index contributed by atoms with van der Waals surface area (Å²) in [5, 5.41) is 3.21. The van der Waals surface area contributed by atoms with Gasteiger partial charge in [0.25, 0.3) is 0 Å². The molecule has 3 saturated carbocycles. The van der Waals surface area contributed by atoms with E-state index in [1.807, 2.05) is 0 Å². The van der Waals surface area contributed by atoms with Crippen molar-refractivity contribution in [2.75, 3.05) is 0 Å². The van der Waals surface area contributed by atoms with Crippen LogP contribution in [0.4, 0.5) is 13.2 Å². The summed E-state index contributed by atoms with van der Waals surface area (Å²) in [5.41, 5.74) is 6.60. The van der Waals surface area contributed by atoms with Crippen LogP contribution in [0.15, 0.2) is 24.3 Å². The maximum Gasteiger partial charge on any atom is 0.573 e. The lowest BCUT2D eigenvalue weighted by Crippen LogP contribution is -2.54. The number of nitrogens with one attached hydrogen (secondary N) is 1. The van der Waals surface area contributed by atoms with E-state index in [0.29, 0.717) is 23.8 Å². The van der Waals surface area contributed by atoms with Gasteiger partial charge < -0.3 is 15.8 Å². The molecule has 4 atom stereocenters. The van der Waals surface area contributed by atoms with Gasteiger partial charge in [0.15, 0.2) is 0 Å². The summed E-state index contributed by atoms with van der Waals surface area (Å²) in [6, 6.07) is 6.49. The number of hydrogen-bond acceptors (Lipinski definition) is 3. The molecule has 0 saturated heterocycles. The van der Waals surface area contributed by atoms with Gasteiger partial charge in [-0.1, -0.05) is 24.6 Å². The maximum atomic E-state index is 12.8. The molecule has 4 nitrogen and oxygen atoms in total. The van der Waals surface area contributed by atoms with Gasteiger partial charge in [0.2, 0.25) is 5.91 Å². The molecule has 4 rings (SSSR count). The summed E-state index contributed by atoms with van der Waals surface area (Å²) < 4.78 is 42.0. The van der Waals surface area contributed by atoms with E-state index in [1.165, 1.54) is 18.6 Å². The van der Waals surface area contributed by atoms with E-state index in [-0.39, 0.29) is 48.0 Å². The molecule has 156 valence electrons. The summed E-state index contributed by atoms with van der Waals surface area (Å²) >= 11 is 0. The summed E-state index contributed by atoms with van der Waals surface area (Å²) in [7, 11) is 0. The molecule has 3 aliphatic rings. The largest absolute Gasteiger partial charge is 0.573 e. The van der Waals surface area contributed by atoms with Gasteiger partial charge in [-0.15, -0.1) is 25.6 Å². The third-order valence-electron chi connectivity index (χ3n) is 6.36. The van der Waals surface area contributed by atoms with E-state index in [4.69, 9.17) is 5.73 Å². The van der Waals surface area contributed by atoms with E-state index in [0.717, 1.165) is 25.7 Å². The molecular weight excluding hydrogens is 393 g/mol.